The van der Waals surface area contributed by atoms with Crippen molar-refractivity contribution < 1.29 is 9.32 Å². The molecule has 28 heavy (non-hydrogen) atoms. The van der Waals surface area contributed by atoms with Crippen LogP contribution in [-0.4, -0.2) is 45.6 Å². The molecule has 8 heteroatoms. The molecule has 0 bridgehead atoms. The summed E-state index contributed by atoms with van der Waals surface area (Å²) in [5.74, 6) is 0.439. The summed E-state index contributed by atoms with van der Waals surface area (Å²) in [5, 5.41) is 8.17. The topological polar surface area (TPSA) is 84.2 Å². The fourth-order valence-electron chi connectivity index (χ4n) is 3.84. The van der Waals surface area contributed by atoms with E-state index < -0.39 is 0 Å². The molecule has 1 atom stereocenters. The van der Waals surface area contributed by atoms with Crippen LogP contribution in [0.2, 0.25) is 0 Å². The van der Waals surface area contributed by atoms with Crippen LogP contribution in [0.1, 0.15) is 52.1 Å². The first-order valence-electron chi connectivity index (χ1n) is 9.41. The number of pyridine rings is 2. The number of aromatic nitrogens is 3. The van der Waals surface area contributed by atoms with Gasteiger partial charge in [0.1, 0.15) is 0 Å². The molecule has 1 saturated carbocycles. The molecule has 0 radical (unpaired) electrons. The van der Waals surface area contributed by atoms with Crippen LogP contribution in [-0.2, 0) is 0 Å². The number of amides is 1. The third-order valence-electron chi connectivity index (χ3n) is 5.44. The summed E-state index contributed by atoms with van der Waals surface area (Å²) in [4.78, 5) is 24.4. The van der Waals surface area contributed by atoms with E-state index in [4.69, 9.17) is 4.52 Å². The van der Waals surface area contributed by atoms with Crippen molar-refractivity contribution in [1.29, 1.82) is 0 Å². The van der Waals surface area contributed by atoms with Crippen LogP contribution >= 0.6 is 12.4 Å². The highest BCUT2D eigenvalue weighted by atomic mass is 35.5. The average Bonchev–Trinajstić information content (AvgIpc) is 3.51. The van der Waals surface area contributed by atoms with Gasteiger partial charge in [-0.2, -0.15) is 0 Å². The van der Waals surface area contributed by atoms with E-state index in [1.807, 2.05) is 36.2 Å². The van der Waals surface area contributed by atoms with Gasteiger partial charge in [0.05, 0.1) is 22.7 Å². The summed E-state index contributed by atoms with van der Waals surface area (Å²) in [6.07, 6.45) is 5.82. The maximum Gasteiger partial charge on any atom is 0.259 e. The molecule has 3 aromatic rings. The zero-order chi connectivity index (χ0) is 18.4. The Morgan fingerprint density at radius 2 is 2.21 bits per heavy atom. The van der Waals surface area contributed by atoms with Gasteiger partial charge in [-0.15, -0.1) is 12.4 Å². The van der Waals surface area contributed by atoms with Crippen molar-refractivity contribution in [2.24, 2.45) is 0 Å². The molecule has 1 aliphatic carbocycles. The molecule has 4 heterocycles. The van der Waals surface area contributed by atoms with E-state index in [0.29, 0.717) is 36.0 Å². The molecule has 0 spiro atoms. The van der Waals surface area contributed by atoms with Gasteiger partial charge in [-0.3, -0.25) is 9.78 Å². The number of halogens is 1. The monoisotopic (exact) mass is 399 g/mol. The van der Waals surface area contributed by atoms with Gasteiger partial charge < -0.3 is 14.7 Å². The number of aryl methyl sites for hydroxylation is 1. The molecule has 1 amide bonds. The Balaban J connectivity index is 0.00000192. The van der Waals surface area contributed by atoms with Crippen molar-refractivity contribution in [3.05, 3.63) is 53.1 Å². The first kappa shape index (κ1) is 18.8. The Hall–Kier alpha value is -2.51. The maximum absolute atomic E-state index is 13.6. The molecule has 1 saturated heterocycles. The molecule has 1 aliphatic heterocycles. The number of carbonyl (C=O) groups excluding carboxylic acids is 1. The van der Waals surface area contributed by atoms with Crippen molar-refractivity contribution in [2.45, 2.75) is 31.7 Å². The number of rotatable bonds is 3. The van der Waals surface area contributed by atoms with Crippen LogP contribution in [0.15, 0.2) is 35.1 Å². The van der Waals surface area contributed by atoms with Crippen molar-refractivity contribution in [3.8, 4) is 0 Å². The van der Waals surface area contributed by atoms with Crippen LogP contribution in [0.4, 0.5) is 0 Å². The molecule has 2 aliphatic rings. The lowest BCUT2D eigenvalue weighted by molar-refractivity contribution is 0.0635. The van der Waals surface area contributed by atoms with Gasteiger partial charge in [0.2, 0.25) is 0 Å². The molecular formula is C20H22ClN5O2. The highest BCUT2D eigenvalue weighted by Gasteiger charge is 2.33. The van der Waals surface area contributed by atoms with Gasteiger partial charge in [-0.25, -0.2) is 4.98 Å². The van der Waals surface area contributed by atoms with Gasteiger partial charge in [-0.1, -0.05) is 11.2 Å². The Morgan fingerprint density at radius 1 is 1.36 bits per heavy atom. The van der Waals surface area contributed by atoms with Gasteiger partial charge in [0.25, 0.3) is 11.6 Å². The number of nitrogens with zero attached hydrogens (tertiary/aromatic N) is 4. The smallest absolute Gasteiger partial charge is 0.259 e. The zero-order valence-corrected chi connectivity index (χ0v) is 16.4. The fraction of sp³-hybridized carbons (Fsp3) is 0.400. The van der Waals surface area contributed by atoms with Crippen molar-refractivity contribution in [1.82, 2.24) is 25.3 Å². The number of nitrogens with one attached hydrogen (secondary N) is 1. The Bertz CT molecular complexity index is 1000. The van der Waals surface area contributed by atoms with Crippen LogP contribution < -0.4 is 5.32 Å². The highest BCUT2D eigenvalue weighted by molar-refractivity contribution is 6.06. The van der Waals surface area contributed by atoms with Gasteiger partial charge >= 0.3 is 0 Å². The van der Waals surface area contributed by atoms with Crippen LogP contribution in [0.3, 0.4) is 0 Å². The summed E-state index contributed by atoms with van der Waals surface area (Å²) in [6, 6.07) is 5.84. The van der Waals surface area contributed by atoms with E-state index in [2.05, 4.69) is 20.4 Å². The first-order chi connectivity index (χ1) is 13.2. The van der Waals surface area contributed by atoms with Gasteiger partial charge in [0.15, 0.2) is 0 Å². The number of hydrogen-bond donors (Lipinski definition) is 1. The van der Waals surface area contributed by atoms with Gasteiger partial charge in [-0.05, 0) is 37.5 Å². The van der Waals surface area contributed by atoms with E-state index in [1.165, 1.54) is 0 Å². The lowest BCUT2D eigenvalue weighted by atomic mass is 10.0. The first-order valence-corrected chi connectivity index (χ1v) is 9.41. The molecule has 3 aromatic heterocycles. The molecule has 5 rings (SSSR count). The average molecular weight is 400 g/mol. The van der Waals surface area contributed by atoms with Crippen molar-refractivity contribution in [2.75, 3.05) is 19.6 Å². The van der Waals surface area contributed by atoms with E-state index >= 15 is 0 Å². The third-order valence-corrected chi connectivity index (χ3v) is 5.44. The summed E-state index contributed by atoms with van der Waals surface area (Å²) >= 11 is 0. The normalized spacial score (nSPS) is 19.5. The van der Waals surface area contributed by atoms with Crippen molar-refractivity contribution in [3.63, 3.8) is 0 Å². The molecule has 2 fully saturated rings. The second-order valence-corrected chi connectivity index (χ2v) is 7.32. The number of hydrogen-bond acceptors (Lipinski definition) is 6. The van der Waals surface area contributed by atoms with E-state index in [1.54, 1.807) is 6.20 Å². The minimum absolute atomic E-state index is 0. The van der Waals surface area contributed by atoms with Gasteiger partial charge in [0, 0.05) is 43.6 Å². The van der Waals surface area contributed by atoms with E-state index in [9.17, 15) is 4.79 Å². The fourth-order valence-corrected chi connectivity index (χ4v) is 3.84. The second kappa shape index (κ2) is 7.48. The SMILES string of the molecule is Cc1noc2nc(C3CC3)cc(C(=O)N3CCNCC3c3cccnc3)c12.Cl. The predicted molar refractivity (Wildman–Crippen MR) is 107 cm³/mol. The third kappa shape index (κ3) is 3.25. The standard InChI is InChI=1S/C20H21N5O2.ClH/c1-12-18-15(9-16(13-4-5-13)23-19(18)27-24-12)20(26)25-8-7-22-11-17(25)14-3-2-6-21-10-14;/h2-3,6,9-10,13,17,22H,4-5,7-8,11H2,1H3;1H. The minimum atomic E-state index is -0.0484. The summed E-state index contributed by atoms with van der Waals surface area (Å²) in [7, 11) is 0. The van der Waals surface area contributed by atoms with Crippen LogP contribution in [0.5, 0.6) is 0 Å². The largest absolute Gasteiger partial charge is 0.336 e. The summed E-state index contributed by atoms with van der Waals surface area (Å²) in [6.45, 7) is 3.99. The van der Waals surface area contributed by atoms with E-state index in [-0.39, 0.29) is 24.4 Å². The second-order valence-electron chi connectivity index (χ2n) is 7.32. The predicted octanol–water partition coefficient (Wildman–Crippen LogP) is 3.01. The molecule has 1 unspecified atom stereocenters. The lowest BCUT2D eigenvalue weighted by Gasteiger charge is -2.36. The van der Waals surface area contributed by atoms with E-state index in [0.717, 1.165) is 36.0 Å². The number of fused-ring (bicyclic) bond motifs is 1. The molecule has 146 valence electrons. The maximum atomic E-state index is 13.6. The minimum Gasteiger partial charge on any atom is -0.336 e. The summed E-state index contributed by atoms with van der Waals surface area (Å²) in [5.41, 5.74) is 3.80. The Kier molecular flexibility index (Phi) is 5.03. The lowest BCUT2D eigenvalue weighted by Crippen LogP contribution is -2.48. The number of piperazine rings is 1. The molecule has 0 aromatic carbocycles. The molecule has 1 N–H and O–H groups in total. The Morgan fingerprint density at radius 3 is 2.96 bits per heavy atom. The molecular weight excluding hydrogens is 378 g/mol. The zero-order valence-electron chi connectivity index (χ0n) is 15.6. The quantitative estimate of drug-likeness (QED) is 0.728. The Labute approximate surface area is 168 Å². The summed E-state index contributed by atoms with van der Waals surface area (Å²) < 4.78 is 5.40. The van der Waals surface area contributed by atoms with Crippen LogP contribution in [0, 0.1) is 6.92 Å². The van der Waals surface area contributed by atoms with Crippen LogP contribution in [0.25, 0.3) is 11.1 Å². The molecule has 7 nitrogen and oxygen atoms in total. The number of carbonyl (C=O) groups is 1. The van der Waals surface area contributed by atoms with Crippen molar-refractivity contribution >= 4 is 29.4 Å². The highest BCUT2D eigenvalue weighted by Crippen LogP contribution is 2.41.